The Morgan fingerprint density at radius 3 is 1.23 bits per heavy atom. The monoisotopic (exact) mass is 516 g/mol. The van der Waals surface area contributed by atoms with Gasteiger partial charge in [0.1, 0.15) is 0 Å². The molecule has 0 bridgehead atoms. The summed E-state index contributed by atoms with van der Waals surface area (Å²) in [5, 5.41) is 5.42. The van der Waals surface area contributed by atoms with E-state index >= 15 is 0 Å². The summed E-state index contributed by atoms with van der Waals surface area (Å²) >= 11 is -1.85. The van der Waals surface area contributed by atoms with E-state index in [1.165, 1.54) is 32.7 Å². The van der Waals surface area contributed by atoms with Gasteiger partial charge in [-0.05, 0) is 10.8 Å². The molecule has 0 amide bonds. The molecule has 0 aromatic heterocycles. The van der Waals surface area contributed by atoms with Crippen LogP contribution in [0.5, 0.6) is 0 Å². The van der Waals surface area contributed by atoms with Gasteiger partial charge >= 0.3 is 40.1 Å². The van der Waals surface area contributed by atoms with Crippen molar-refractivity contribution in [3.63, 3.8) is 0 Å². The molecule has 4 rings (SSSR count). The van der Waals surface area contributed by atoms with Gasteiger partial charge in [0, 0.05) is 0 Å². The zero-order chi connectivity index (χ0) is 22.5. The Labute approximate surface area is 196 Å². The van der Waals surface area contributed by atoms with Gasteiger partial charge in [0.05, 0.1) is 0 Å². The third-order valence-electron chi connectivity index (χ3n) is 4.97. The summed E-state index contributed by atoms with van der Waals surface area (Å²) in [5.41, 5.74) is 3.38. The van der Waals surface area contributed by atoms with Gasteiger partial charge in [-0.1, -0.05) is 53.7 Å². The van der Waals surface area contributed by atoms with Crippen LogP contribution in [0.15, 0.2) is 72.8 Å². The van der Waals surface area contributed by atoms with E-state index in [-0.39, 0.29) is 10.8 Å². The van der Waals surface area contributed by atoms with Gasteiger partial charge in [-0.2, -0.15) is 12.1 Å². The molecule has 0 radical (unpaired) electrons. The quantitative estimate of drug-likeness (QED) is 0.204. The first-order valence-corrected chi connectivity index (χ1v) is 18.3. The van der Waals surface area contributed by atoms with Crippen molar-refractivity contribution in [3.8, 4) is 0 Å². The van der Waals surface area contributed by atoms with Crippen LogP contribution in [-0.4, -0.2) is 4.21 Å². The van der Waals surface area contributed by atoms with E-state index in [0.29, 0.717) is 0 Å². The Hall–Kier alpha value is -1.01. The number of fused-ring (bicyclic) bond motifs is 2. The number of hydrogen-bond donors (Lipinski definition) is 0. The van der Waals surface area contributed by atoms with Crippen LogP contribution in [0.4, 0.5) is 0 Å². The van der Waals surface area contributed by atoms with Crippen LogP contribution in [0.3, 0.4) is 0 Å². The molecule has 0 spiro atoms. The van der Waals surface area contributed by atoms with Gasteiger partial charge in [-0.15, -0.1) is 81.2 Å². The van der Waals surface area contributed by atoms with E-state index < -0.39 is 18.9 Å². The molecule has 0 fully saturated rings. The molecule has 0 aliphatic carbocycles. The molecule has 4 aromatic rings. The summed E-state index contributed by atoms with van der Waals surface area (Å²) in [4.78, 5) is 0. The average molecular weight is 519 g/mol. The van der Waals surface area contributed by atoms with Crippen LogP contribution in [0.25, 0.3) is 21.5 Å². The Bertz CT molecular complexity index is 947. The zero-order valence-electron chi connectivity index (χ0n) is 18.9. The molecule has 160 valence electrons. The van der Waals surface area contributed by atoms with E-state index in [9.17, 15) is 0 Å². The summed E-state index contributed by atoms with van der Waals surface area (Å²) in [7, 11) is 10.3. The molecule has 0 atom stereocenters. The van der Waals surface area contributed by atoms with Crippen LogP contribution < -0.4 is 0 Å². The maximum absolute atomic E-state index is 5.13. The molecule has 3 heteroatoms. The first-order valence-electron chi connectivity index (χ1n) is 10.2. The molecule has 30 heavy (non-hydrogen) atoms. The first-order chi connectivity index (χ1) is 13.9. The maximum atomic E-state index is 5.13. The molecular formula is C27H32Cl2Zr-2. The molecule has 0 saturated carbocycles. The van der Waals surface area contributed by atoms with Crippen molar-refractivity contribution in [1.82, 2.24) is 0 Å². The van der Waals surface area contributed by atoms with Gasteiger partial charge < -0.3 is 0 Å². The second kappa shape index (κ2) is 10.5. The van der Waals surface area contributed by atoms with Gasteiger partial charge in [0.15, 0.2) is 0 Å². The van der Waals surface area contributed by atoms with Crippen LogP contribution in [0.1, 0.15) is 52.7 Å². The van der Waals surface area contributed by atoms with Crippen LogP contribution in [-0.2, 0) is 29.7 Å². The minimum atomic E-state index is -1.85. The van der Waals surface area contributed by atoms with Crippen molar-refractivity contribution in [3.05, 3.63) is 83.9 Å². The standard InChI is InChI=1S/2C13H15.CH2.2ClH.Zr/c2*1-13(2,3)12-8-10-6-4-5-7-11(10)9-12;;;;/h2*4-9H,1-3H3;1H2;2*1H;/q2*-1;;;;+2/p-2. The molecule has 4 aromatic carbocycles. The Morgan fingerprint density at radius 2 is 0.967 bits per heavy atom. The van der Waals surface area contributed by atoms with Crippen LogP contribution in [0, 0.1) is 0 Å². The van der Waals surface area contributed by atoms with Crippen molar-refractivity contribution in [2.45, 2.75) is 52.4 Å². The zero-order valence-corrected chi connectivity index (χ0v) is 22.9. The third kappa shape index (κ3) is 7.60. The molecular weight excluding hydrogens is 486 g/mol. The SMILES string of the molecule is CC(C)(C)c1cc2ccccc2[cH-]1.CC(C)(C)c1cc2ccccc2[cH-]1.[CH2]=[Zr]([Cl])[Cl]. The molecule has 0 nitrogen and oxygen atoms in total. The van der Waals surface area contributed by atoms with Gasteiger partial charge in [0.2, 0.25) is 0 Å². The fraction of sp³-hybridized carbons (Fsp3) is 0.296. The molecule has 0 aliphatic rings. The van der Waals surface area contributed by atoms with Crippen molar-refractivity contribution < 1.29 is 18.9 Å². The van der Waals surface area contributed by atoms with E-state index in [4.69, 9.17) is 17.0 Å². The summed E-state index contributed by atoms with van der Waals surface area (Å²) in [6, 6.07) is 26.2. The van der Waals surface area contributed by atoms with Crippen molar-refractivity contribution >= 4 is 42.8 Å². The molecule has 0 N–H and O–H groups in total. The molecule has 0 unspecified atom stereocenters. The number of benzene rings is 2. The minimum absolute atomic E-state index is 0.263. The molecule has 0 aliphatic heterocycles. The summed E-state index contributed by atoms with van der Waals surface area (Å²) in [5.74, 6) is 0. The summed E-state index contributed by atoms with van der Waals surface area (Å²) in [6.07, 6.45) is 0. The number of halogens is 2. The van der Waals surface area contributed by atoms with Crippen LogP contribution in [0.2, 0.25) is 0 Å². The summed E-state index contributed by atoms with van der Waals surface area (Å²) in [6.45, 7) is 13.5. The van der Waals surface area contributed by atoms with E-state index in [2.05, 4.69) is 119 Å². The van der Waals surface area contributed by atoms with Crippen molar-refractivity contribution in [2.75, 3.05) is 0 Å². The van der Waals surface area contributed by atoms with Crippen molar-refractivity contribution in [2.24, 2.45) is 0 Å². The van der Waals surface area contributed by atoms with Crippen molar-refractivity contribution in [1.29, 1.82) is 0 Å². The Morgan fingerprint density at radius 1 is 0.667 bits per heavy atom. The predicted molar refractivity (Wildman–Crippen MR) is 135 cm³/mol. The van der Waals surface area contributed by atoms with E-state index in [1.807, 2.05) is 0 Å². The normalized spacial score (nSPS) is 11.5. The predicted octanol–water partition coefficient (Wildman–Crippen LogP) is 9.06. The second-order valence-electron chi connectivity index (χ2n) is 9.58. The Kier molecular flexibility index (Phi) is 8.87. The average Bonchev–Trinajstić information content (AvgIpc) is 3.25. The molecule has 0 heterocycles. The first kappa shape index (κ1) is 25.3. The van der Waals surface area contributed by atoms with Gasteiger partial charge in [-0.3, -0.25) is 0 Å². The summed E-state index contributed by atoms with van der Waals surface area (Å²) < 4.78 is 3.37. The fourth-order valence-corrected chi connectivity index (χ4v) is 3.17. The van der Waals surface area contributed by atoms with Gasteiger partial charge in [0.25, 0.3) is 0 Å². The topological polar surface area (TPSA) is 0 Å². The molecule has 0 saturated heterocycles. The Balaban J connectivity index is 0.000000182. The second-order valence-corrected chi connectivity index (χ2v) is 17.8. The van der Waals surface area contributed by atoms with Gasteiger partial charge in [-0.25, -0.2) is 0 Å². The number of hydrogen-bond acceptors (Lipinski definition) is 0. The third-order valence-corrected chi connectivity index (χ3v) is 4.97. The van der Waals surface area contributed by atoms with E-state index in [0.717, 1.165) is 0 Å². The van der Waals surface area contributed by atoms with E-state index in [1.54, 1.807) is 0 Å². The van der Waals surface area contributed by atoms with Crippen LogP contribution >= 0.6 is 17.0 Å². The fourth-order valence-electron chi connectivity index (χ4n) is 3.17. The number of rotatable bonds is 0.